The lowest BCUT2D eigenvalue weighted by molar-refractivity contribution is 0.193. The third-order valence-electron chi connectivity index (χ3n) is 4.55. The maximum absolute atomic E-state index is 6.36. The van der Waals surface area contributed by atoms with E-state index in [9.17, 15) is 0 Å². The van der Waals surface area contributed by atoms with Gasteiger partial charge >= 0.3 is 0 Å². The Balaban J connectivity index is 1.55. The van der Waals surface area contributed by atoms with Crippen LogP contribution in [0.5, 0.6) is 5.75 Å². The molecule has 0 amide bonds. The van der Waals surface area contributed by atoms with Crippen molar-refractivity contribution >= 4 is 0 Å². The predicted octanol–water partition coefficient (Wildman–Crippen LogP) is 5.34. The van der Waals surface area contributed by atoms with Gasteiger partial charge in [-0.2, -0.15) is 0 Å². The van der Waals surface area contributed by atoms with E-state index in [0.717, 1.165) is 31.7 Å². The topological polar surface area (TPSA) is 21.3 Å². The van der Waals surface area contributed by atoms with Crippen molar-refractivity contribution in [2.75, 3.05) is 13.1 Å². The molecule has 3 aromatic carbocycles. The van der Waals surface area contributed by atoms with Crippen molar-refractivity contribution in [1.82, 2.24) is 5.32 Å². The molecule has 2 nitrogen and oxygen atoms in total. The normalized spacial score (nSPS) is 11.9. The van der Waals surface area contributed by atoms with E-state index in [1.165, 1.54) is 16.7 Å². The molecule has 26 heavy (non-hydrogen) atoms. The van der Waals surface area contributed by atoms with Crippen molar-refractivity contribution in [2.24, 2.45) is 0 Å². The lowest BCUT2D eigenvalue weighted by Gasteiger charge is -2.21. The first-order valence-electron chi connectivity index (χ1n) is 9.35. The first kappa shape index (κ1) is 18.2. The van der Waals surface area contributed by atoms with Crippen LogP contribution in [0.1, 0.15) is 29.2 Å². The van der Waals surface area contributed by atoms with Crippen LogP contribution >= 0.6 is 0 Å². The second-order valence-corrected chi connectivity index (χ2v) is 6.56. The summed E-state index contributed by atoms with van der Waals surface area (Å²) in [6, 6.07) is 29.3. The average Bonchev–Trinajstić information content (AvgIpc) is 2.70. The van der Waals surface area contributed by atoms with Gasteiger partial charge in [0.15, 0.2) is 0 Å². The van der Waals surface area contributed by atoms with E-state index in [1.54, 1.807) is 0 Å². The molecule has 0 fully saturated rings. The number of para-hydroxylation sites is 1. The quantitative estimate of drug-likeness (QED) is 0.529. The minimum atomic E-state index is 0.0570. The predicted molar refractivity (Wildman–Crippen MR) is 109 cm³/mol. The highest BCUT2D eigenvalue weighted by Crippen LogP contribution is 2.26. The molecular weight excluding hydrogens is 318 g/mol. The van der Waals surface area contributed by atoms with Crippen LogP contribution in [0.15, 0.2) is 84.9 Å². The highest BCUT2D eigenvalue weighted by Gasteiger charge is 2.14. The number of benzene rings is 3. The third kappa shape index (κ3) is 5.47. The van der Waals surface area contributed by atoms with Crippen molar-refractivity contribution in [3.05, 3.63) is 102 Å². The molecule has 0 saturated carbocycles. The number of rotatable bonds is 9. The molecule has 1 atom stereocenters. The molecular formula is C24H27NO. The van der Waals surface area contributed by atoms with Gasteiger partial charge in [0.2, 0.25) is 0 Å². The molecule has 0 aliphatic carbocycles. The van der Waals surface area contributed by atoms with Crippen molar-refractivity contribution in [3.63, 3.8) is 0 Å². The van der Waals surface area contributed by atoms with Crippen molar-refractivity contribution in [1.29, 1.82) is 0 Å². The second kappa shape index (κ2) is 9.79. The summed E-state index contributed by atoms with van der Waals surface area (Å²) < 4.78 is 6.36. The van der Waals surface area contributed by atoms with Crippen LogP contribution in [0.25, 0.3) is 0 Å². The zero-order valence-corrected chi connectivity index (χ0v) is 15.4. The largest absolute Gasteiger partial charge is 0.485 e. The van der Waals surface area contributed by atoms with E-state index >= 15 is 0 Å². The van der Waals surface area contributed by atoms with Crippen molar-refractivity contribution in [2.45, 2.75) is 25.9 Å². The zero-order valence-electron chi connectivity index (χ0n) is 15.4. The Bertz CT molecular complexity index is 770. The Morgan fingerprint density at radius 1 is 0.769 bits per heavy atom. The summed E-state index contributed by atoms with van der Waals surface area (Å²) in [6.45, 7) is 4.00. The number of nitrogens with one attached hydrogen (secondary N) is 1. The van der Waals surface area contributed by atoms with Gasteiger partial charge in [-0.15, -0.1) is 0 Å². The zero-order chi connectivity index (χ0) is 18.0. The first-order valence-corrected chi connectivity index (χ1v) is 9.35. The Hall–Kier alpha value is -2.58. The monoisotopic (exact) mass is 345 g/mol. The summed E-state index contributed by atoms with van der Waals surface area (Å²) in [7, 11) is 0. The van der Waals surface area contributed by atoms with Gasteiger partial charge in [0.25, 0.3) is 0 Å². The maximum Gasteiger partial charge on any atom is 0.125 e. The van der Waals surface area contributed by atoms with Crippen LogP contribution in [-0.2, 0) is 6.42 Å². The molecule has 3 aromatic rings. The van der Waals surface area contributed by atoms with Crippen LogP contribution in [0, 0.1) is 6.92 Å². The minimum Gasteiger partial charge on any atom is -0.485 e. The van der Waals surface area contributed by atoms with E-state index in [-0.39, 0.29) is 6.10 Å². The second-order valence-electron chi connectivity index (χ2n) is 6.56. The Labute approximate surface area is 156 Å². The van der Waals surface area contributed by atoms with Gasteiger partial charge in [-0.25, -0.2) is 0 Å². The van der Waals surface area contributed by atoms with E-state index in [4.69, 9.17) is 4.74 Å². The van der Waals surface area contributed by atoms with Gasteiger partial charge in [0.1, 0.15) is 11.9 Å². The molecule has 0 aliphatic rings. The molecule has 0 radical (unpaired) electrons. The SMILES string of the molecule is Cc1ccccc1OC(CCNCCc1ccccc1)c1ccccc1. The van der Waals surface area contributed by atoms with Crippen LogP contribution in [0.4, 0.5) is 0 Å². The summed E-state index contributed by atoms with van der Waals surface area (Å²) >= 11 is 0. The van der Waals surface area contributed by atoms with Crippen LogP contribution < -0.4 is 10.1 Å². The lowest BCUT2D eigenvalue weighted by atomic mass is 10.1. The van der Waals surface area contributed by atoms with Gasteiger partial charge in [0, 0.05) is 6.42 Å². The smallest absolute Gasteiger partial charge is 0.125 e. The summed E-state index contributed by atoms with van der Waals surface area (Å²) in [5.74, 6) is 0.964. The molecule has 3 rings (SSSR count). The fraction of sp³-hybridized carbons (Fsp3) is 0.250. The van der Waals surface area contributed by atoms with Crippen LogP contribution in [-0.4, -0.2) is 13.1 Å². The Morgan fingerprint density at radius 2 is 1.42 bits per heavy atom. The van der Waals surface area contributed by atoms with Gasteiger partial charge in [-0.05, 0) is 49.2 Å². The molecule has 1 unspecified atom stereocenters. The molecule has 0 bridgehead atoms. The number of aryl methyl sites for hydroxylation is 1. The fourth-order valence-corrected chi connectivity index (χ4v) is 3.04. The first-order chi connectivity index (χ1) is 12.8. The van der Waals surface area contributed by atoms with E-state index in [2.05, 4.69) is 72.9 Å². The molecule has 0 saturated heterocycles. The number of hydrogen-bond acceptors (Lipinski definition) is 2. The Morgan fingerprint density at radius 3 is 2.15 bits per heavy atom. The number of hydrogen-bond donors (Lipinski definition) is 1. The van der Waals surface area contributed by atoms with Crippen LogP contribution in [0.3, 0.4) is 0 Å². The average molecular weight is 345 g/mol. The van der Waals surface area contributed by atoms with E-state index in [0.29, 0.717) is 0 Å². The van der Waals surface area contributed by atoms with Gasteiger partial charge in [-0.3, -0.25) is 0 Å². The van der Waals surface area contributed by atoms with Crippen LogP contribution in [0.2, 0.25) is 0 Å². The summed E-state index contributed by atoms with van der Waals surface area (Å²) in [4.78, 5) is 0. The molecule has 0 spiro atoms. The minimum absolute atomic E-state index is 0.0570. The molecule has 134 valence electrons. The van der Waals surface area contributed by atoms with Gasteiger partial charge in [-0.1, -0.05) is 78.9 Å². The Kier molecular flexibility index (Phi) is 6.86. The maximum atomic E-state index is 6.36. The summed E-state index contributed by atoms with van der Waals surface area (Å²) in [5.41, 5.74) is 3.77. The number of ether oxygens (including phenoxy) is 1. The van der Waals surface area contributed by atoms with Gasteiger partial charge in [0.05, 0.1) is 0 Å². The molecule has 0 aliphatic heterocycles. The van der Waals surface area contributed by atoms with Gasteiger partial charge < -0.3 is 10.1 Å². The molecule has 2 heteroatoms. The summed E-state index contributed by atoms with van der Waals surface area (Å²) in [6.07, 6.45) is 2.05. The highest BCUT2D eigenvalue weighted by atomic mass is 16.5. The fourth-order valence-electron chi connectivity index (χ4n) is 3.04. The lowest BCUT2D eigenvalue weighted by Crippen LogP contribution is -2.22. The standard InChI is InChI=1S/C24H27NO/c1-20-10-8-9-15-23(20)26-24(22-13-6-3-7-14-22)17-19-25-18-16-21-11-4-2-5-12-21/h2-15,24-25H,16-19H2,1H3. The van der Waals surface area contributed by atoms with E-state index in [1.807, 2.05) is 24.3 Å². The molecule has 1 N–H and O–H groups in total. The summed E-state index contributed by atoms with van der Waals surface area (Å²) in [5, 5.41) is 3.55. The van der Waals surface area contributed by atoms with Crippen molar-refractivity contribution < 1.29 is 4.74 Å². The third-order valence-corrected chi connectivity index (χ3v) is 4.55. The molecule has 0 aromatic heterocycles. The van der Waals surface area contributed by atoms with E-state index < -0.39 is 0 Å². The molecule has 0 heterocycles. The highest BCUT2D eigenvalue weighted by molar-refractivity contribution is 5.33. The van der Waals surface area contributed by atoms with Crippen molar-refractivity contribution in [3.8, 4) is 5.75 Å².